The molecule has 1 saturated heterocycles. The van der Waals surface area contributed by atoms with Gasteiger partial charge in [0, 0.05) is 38.8 Å². The van der Waals surface area contributed by atoms with Crippen molar-refractivity contribution in [3.8, 4) is 0 Å². The van der Waals surface area contributed by atoms with Crippen LogP contribution in [0.15, 0.2) is 30.3 Å². The summed E-state index contributed by atoms with van der Waals surface area (Å²) in [6, 6.07) is 11.0. The molecule has 2 aliphatic rings. The maximum absolute atomic E-state index is 12.1. The van der Waals surface area contributed by atoms with Gasteiger partial charge in [0.25, 0.3) is 0 Å². The number of piperazine rings is 1. The number of carbonyl (C=O) groups is 1. The lowest BCUT2D eigenvalue weighted by molar-refractivity contribution is -0.123. The van der Waals surface area contributed by atoms with Gasteiger partial charge in [0.15, 0.2) is 0 Å². The van der Waals surface area contributed by atoms with Crippen LogP contribution in [0.25, 0.3) is 0 Å². The Balaban J connectivity index is 1.37. The summed E-state index contributed by atoms with van der Waals surface area (Å²) in [5.74, 6) is 0.919. The monoisotopic (exact) mass is 301 g/mol. The summed E-state index contributed by atoms with van der Waals surface area (Å²) >= 11 is 0. The second kappa shape index (κ2) is 7.25. The van der Waals surface area contributed by atoms with Gasteiger partial charge in [0.05, 0.1) is 6.54 Å². The molecular formula is C18H27N3O. The summed E-state index contributed by atoms with van der Waals surface area (Å²) in [7, 11) is 0. The van der Waals surface area contributed by atoms with Gasteiger partial charge in [-0.25, -0.2) is 0 Å². The molecule has 1 amide bonds. The molecule has 22 heavy (non-hydrogen) atoms. The summed E-state index contributed by atoms with van der Waals surface area (Å²) in [6.07, 6.45) is 2.55. The molecule has 1 aromatic carbocycles. The maximum atomic E-state index is 12.1. The molecule has 4 nitrogen and oxygen atoms in total. The predicted octanol–water partition coefficient (Wildman–Crippen LogP) is 1.72. The molecule has 0 spiro atoms. The Kier molecular flexibility index (Phi) is 5.11. The standard InChI is InChI=1S/C18H27N3O/c1-15(17-7-8-17)19-18(22)14-21-11-9-20(10-12-21)13-16-5-3-2-4-6-16/h2-6,15,17H,7-14H2,1H3,(H,19,22)/t15-/m0/s1. The first kappa shape index (κ1) is 15.5. The molecule has 1 atom stereocenters. The molecule has 3 rings (SSSR count). The zero-order valence-electron chi connectivity index (χ0n) is 13.5. The van der Waals surface area contributed by atoms with Crippen LogP contribution in [0.5, 0.6) is 0 Å². The third-order valence-electron chi connectivity index (χ3n) is 4.80. The predicted molar refractivity (Wildman–Crippen MR) is 88.5 cm³/mol. The first-order chi connectivity index (χ1) is 10.7. The smallest absolute Gasteiger partial charge is 0.234 e. The lowest BCUT2D eigenvalue weighted by atomic mass is 10.2. The summed E-state index contributed by atoms with van der Waals surface area (Å²) < 4.78 is 0. The highest BCUT2D eigenvalue weighted by atomic mass is 16.2. The van der Waals surface area contributed by atoms with Crippen molar-refractivity contribution >= 4 is 5.91 Å². The highest BCUT2D eigenvalue weighted by Crippen LogP contribution is 2.32. The van der Waals surface area contributed by atoms with E-state index in [1.165, 1.54) is 18.4 Å². The van der Waals surface area contributed by atoms with E-state index in [0.717, 1.165) is 38.6 Å². The molecule has 1 aromatic rings. The number of benzene rings is 1. The zero-order chi connectivity index (χ0) is 15.4. The van der Waals surface area contributed by atoms with Gasteiger partial charge in [0.1, 0.15) is 0 Å². The second-order valence-corrected chi connectivity index (χ2v) is 6.73. The number of carbonyl (C=O) groups excluding carboxylic acids is 1. The Bertz CT molecular complexity index is 478. The van der Waals surface area contributed by atoms with Crippen molar-refractivity contribution in [1.82, 2.24) is 15.1 Å². The van der Waals surface area contributed by atoms with E-state index in [0.29, 0.717) is 12.6 Å². The molecule has 0 radical (unpaired) electrons. The molecule has 4 heteroatoms. The van der Waals surface area contributed by atoms with Gasteiger partial charge in [-0.1, -0.05) is 30.3 Å². The molecule has 1 heterocycles. The molecule has 0 aromatic heterocycles. The van der Waals surface area contributed by atoms with Crippen LogP contribution in [0.1, 0.15) is 25.3 Å². The minimum atomic E-state index is 0.191. The Morgan fingerprint density at radius 1 is 1.14 bits per heavy atom. The van der Waals surface area contributed by atoms with Crippen LogP contribution in [0.2, 0.25) is 0 Å². The van der Waals surface area contributed by atoms with Crippen LogP contribution in [-0.4, -0.2) is 54.5 Å². The maximum Gasteiger partial charge on any atom is 0.234 e. The first-order valence-corrected chi connectivity index (χ1v) is 8.49. The van der Waals surface area contributed by atoms with E-state index < -0.39 is 0 Å². The number of hydrogen-bond donors (Lipinski definition) is 1. The number of nitrogens with zero attached hydrogens (tertiary/aromatic N) is 2. The van der Waals surface area contributed by atoms with Crippen LogP contribution in [0, 0.1) is 5.92 Å². The Hall–Kier alpha value is -1.39. The van der Waals surface area contributed by atoms with Gasteiger partial charge in [-0.2, -0.15) is 0 Å². The van der Waals surface area contributed by atoms with E-state index in [1.54, 1.807) is 0 Å². The fourth-order valence-corrected chi connectivity index (χ4v) is 3.16. The fourth-order valence-electron chi connectivity index (χ4n) is 3.16. The van der Waals surface area contributed by atoms with E-state index in [1.807, 2.05) is 0 Å². The van der Waals surface area contributed by atoms with Crippen LogP contribution in [0.4, 0.5) is 0 Å². The summed E-state index contributed by atoms with van der Waals surface area (Å²) in [6.45, 7) is 7.75. The number of nitrogens with one attached hydrogen (secondary N) is 1. The highest BCUT2D eigenvalue weighted by Gasteiger charge is 2.29. The Morgan fingerprint density at radius 3 is 2.41 bits per heavy atom. The lowest BCUT2D eigenvalue weighted by Gasteiger charge is -2.34. The quantitative estimate of drug-likeness (QED) is 0.869. The molecule has 1 N–H and O–H groups in total. The molecule has 1 saturated carbocycles. The van der Waals surface area contributed by atoms with Crippen molar-refractivity contribution < 1.29 is 4.79 Å². The average molecular weight is 301 g/mol. The van der Waals surface area contributed by atoms with Crippen LogP contribution >= 0.6 is 0 Å². The molecule has 0 unspecified atom stereocenters. The lowest BCUT2D eigenvalue weighted by Crippen LogP contribution is -2.50. The van der Waals surface area contributed by atoms with Gasteiger partial charge >= 0.3 is 0 Å². The van der Waals surface area contributed by atoms with Gasteiger partial charge < -0.3 is 5.32 Å². The van der Waals surface area contributed by atoms with Crippen molar-refractivity contribution in [2.75, 3.05) is 32.7 Å². The molecule has 2 fully saturated rings. The Morgan fingerprint density at radius 2 is 1.77 bits per heavy atom. The topological polar surface area (TPSA) is 35.6 Å². The van der Waals surface area contributed by atoms with E-state index in [9.17, 15) is 4.79 Å². The van der Waals surface area contributed by atoms with Crippen molar-refractivity contribution in [1.29, 1.82) is 0 Å². The SMILES string of the molecule is C[C@H](NC(=O)CN1CCN(Cc2ccccc2)CC1)C1CC1. The average Bonchev–Trinajstić information content (AvgIpc) is 3.35. The van der Waals surface area contributed by atoms with E-state index in [2.05, 4.69) is 52.4 Å². The third-order valence-corrected chi connectivity index (χ3v) is 4.80. The molecule has 1 aliphatic carbocycles. The minimum Gasteiger partial charge on any atom is -0.352 e. The molecular weight excluding hydrogens is 274 g/mol. The largest absolute Gasteiger partial charge is 0.352 e. The van der Waals surface area contributed by atoms with Crippen LogP contribution in [-0.2, 0) is 11.3 Å². The zero-order valence-corrected chi connectivity index (χ0v) is 13.5. The highest BCUT2D eigenvalue weighted by molar-refractivity contribution is 5.78. The van der Waals surface area contributed by atoms with Crippen molar-refractivity contribution in [3.63, 3.8) is 0 Å². The van der Waals surface area contributed by atoms with Gasteiger partial charge in [-0.15, -0.1) is 0 Å². The van der Waals surface area contributed by atoms with E-state index >= 15 is 0 Å². The summed E-state index contributed by atoms with van der Waals surface area (Å²) in [5.41, 5.74) is 1.37. The number of hydrogen-bond acceptors (Lipinski definition) is 3. The van der Waals surface area contributed by atoms with E-state index in [-0.39, 0.29) is 5.91 Å². The normalized spacial score (nSPS) is 21.5. The molecule has 120 valence electrons. The van der Waals surface area contributed by atoms with Gasteiger partial charge in [0.2, 0.25) is 5.91 Å². The summed E-state index contributed by atoms with van der Waals surface area (Å²) in [5, 5.41) is 3.15. The minimum absolute atomic E-state index is 0.191. The third kappa shape index (κ3) is 4.55. The number of amides is 1. The second-order valence-electron chi connectivity index (χ2n) is 6.73. The molecule has 1 aliphatic heterocycles. The number of rotatable bonds is 6. The van der Waals surface area contributed by atoms with Gasteiger partial charge in [-0.05, 0) is 31.2 Å². The van der Waals surface area contributed by atoms with Crippen LogP contribution in [0.3, 0.4) is 0 Å². The van der Waals surface area contributed by atoms with Gasteiger partial charge in [-0.3, -0.25) is 14.6 Å². The first-order valence-electron chi connectivity index (χ1n) is 8.49. The molecule has 0 bridgehead atoms. The summed E-state index contributed by atoms with van der Waals surface area (Å²) in [4.78, 5) is 16.8. The van der Waals surface area contributed by atoms with E-state index in [4.69, 9.17) is 0 Å². The fraction of sp³-hybridized carbons (Fsp3) is 0.611. The Labute approximate surface area is 133 Å². The van der Waals surface area contributed by atoms with Crippen molar-refractivity contribution in [2.24, 2.45) is 5.92 Å². The van der Waals surface area contributed by atoms with Crippen LogP contribution < -0.4 is 5.32 Å². The van der Waals surface area contributed by atoms with Crippen molar-refractivity contribution in [3.05, 3.63) is 35.9 Å². The van der Waals surface area contributed by atoms with Crippen molar-refractivity contribution in [2.45, 2.75) is 32.4 Å².